The van der Waals surface area contributed by atoms with Crippen LogP contribution in [0.4, 0.5) is 22.7 Å². The molecule has 4 rings (SSSR count). The third-order valence-electron chi connectivity index (χ3n) is 8.89. The van der Waals surface area contributed by atoms with E-state index in [9.17, 15) is 19.2 Å². The second-order valence-corrected chi connectivity index (χ2v) is 15.4. The molecule has 0 bridgehead atoms. The van der Waals surface area contributed by atoms with Gasteiger partial charge >= 0.3 is 0 Å². The highest BCUT2D eigenvalue weighted by Crippen LogP contribution is 2.25. The number of amides is 4. The molecule has 4 amide bonds. The summed E-state index contributed by atoms with van der Waals surface area (Å²) in [5.41, 5.74) is 6.03. The number of nitrogens with one attached hydrogen (secondary N) is 4. The molecule has 0 aliphatic heterocycles. The van der Waals surface area contributed by atoms with Crippen molar-refractivity contribution < 1.29 is 19.2 Å². The van der Waals surface area contributed by atoms with Crippen molar-refractivity contribution >= 4 is 46.4 Å². The molecule has 0 heterocycles. The van der Waals surface area contributed by atoms with Crippen molar-refractivity contribution in [3.8, 4) is 0 Å². The van der Waals surface area contributed by atoms with Gasteiger partial charge in [-0.15, -0.1) is 0 Å². The predicted molar refractivity (Wildman–Crippen MR) is 213 cm³/mol. The number of hydrogen-bond acceptors (Lipinski definition) is 4. The number of rotatable bonds is 15. The Bertz CT molecular complexity index is 1680. The van der Waals surface area contributed by atoms with E-state index < -0.39 is 0 Å². The van der Waals surface area contributed by atoms with Crippen LogP contribution in [0.3, 0.4) is 0 Å². The zero-order valence-electron chi connectivity index (χ0n) is 31.5. The Morgan fingerprint density at radius 3 is 1.06 bits per heavy atom. The molecule has 0 atom stereocenters. The maximum Gasteiger partial charge on any atom is 0.255 e. The molecule has 0 saturated carbocycles. The summed E-state index contributed by atoms with van der Waals surface area (Å²) < 4.78 is 0. The van der Waals surface area contributed by atoms with Crippen molar-refractivity contribution in [2.24, 2.45) is 0 Å². The average molecular weight is 703 g/mol. The Labute approximate surface area is 309 Å². The van der Waals surface area contributed by atoms with Gasteiger partial charge in [0.15, 0.2) is 0 Å². The predicted octanol–water partition coefficient (Wildman–Crippen LogP) is 10.5. The maximum atomic E-state index is 12.8. The monoisotopic (exact) mass is 702 g/mol. The molecule has 8 heteroatoms. The molecule has 0 aliphatic carbocycles. The Morgan fingerprint density at radius 1 is 0.423 bits per heavy atom. The van der Waals surface area contributed by atoms with Crippen molar-refractivity contribution in [2.75, 3.05) is 21.3 Å². The summed E-state index contributed by atoms with van der Waals surface area (Å²) in [6.07, 6.45) is 6.25. The molecule has 52 heavy (non-hydrogen) atoms. The van der Waals surface area contributed by atoms with E-state index in [0.717, 1.165) is 49.7 Å². The van der Waals surface area contributed by atoms with Gasteiger partial charge in [-0.3, -0.25) is 19.2 Å². The maximum absolute atomic E-state index is 12.8. The summed E-state index contributed by atoms with van der Waals surface area (Å²) >= 11 is 0. The molecule has 0 saturated heterocycles. The van der Waals surface area contributed by atoms with Gasteiger partial charge in [-0.25, -0.2) is 0 Å². The minimum Gasteiger partial charge on any atom is -0.326 e. The first kappa shape index (κ1) is 39.5. The lowest BCUT2D eigenvalue weighted by molar-refractivity contribution is -0.117. The lowest BCUT2D eigenvalue weighted by atomic mass is 9.86. The molecule has 0 aromatic heterocycles. The molecule has 4 aromatic carbocycles. The SMILES string of the molecule is CC(C)(C)c1ccc(C(=O)Nc2cccc(NC(=O)CCCCCCCCC(=O)Nc3cccc(NC(=O)c4ccc(C(C)(C)C)cc4)c3)c2)cc1. The Balaban J connectivity index is 1.08. The Kier molecular flexibility index (Phi) is 13.9. The van der Waals surface area contributed by atoms with Crippen LogP contribution < -0.4 is 21.3 Å². The molecule has 0 spiro atoms. The fraction of sp³-hybridized carbons (Fsp3) is 0.364. The second kappa shape index (κ2) is 18.3. The van der Waals surface area contributed by atoms with Gasteiger partial charge in [0.05, 0.1) is 0 Å². The quantitative estimate of drug-likeness (QED) is 0.0923. The summed E-state index contributed by atoms with van der Waals surface area (Å²) in [6, 6.07) is 29.6. The zero-order chi connectivity index (χ0) is 37.7. The highest BCUT2D eigenvalue weighted by Gasteiger charge is 2.16. The van der Waals surface area contributed by atoms with Crippen molar-refractivity contribution in [3.05, 3.63) is 119 Å². The number of carbonyl (C=O) groups is 4. The number of carbonyl (C=O) groups excluding carboxylic acids is 4. The van der Waals surface area contributed by atoms with Crippen LogP contribution >= 0.6 is 0 Å². The molecule has 0 unspecified atom stereocenters. The van der Waals surface area contributed by atoms with Crippen molar-refractivity contribution in [2.45, 2.75) is 104 Å². The van der Waals surface area contributed by atoms with E-state index in [0.29, 0.717) is 46.7 Å². The first-order chi connectivity index (χ1) is 24.7. The topological polar surface area (TPSA) is 116 Å². The van der Waals surface area contributed by atoms with Crippen LogP contribution in [-0.4, -0.2) is 23.6 Å². The number of unbranched alkanes of at least 4 members (excludes halogenated alkanes) is 5. The van der Waals surface area contributed by atoms with Gasteiger partial charge in [0.25, 0.3) is 11.8 Å². The molecule has 0 radical (unpaired) electrons. The number of anilines is 4. The van der Waals surface area contributed by atoms with Gasteiger partial charge < -0.3 is 21.3 Å². The Morgan fingerprint density at radius 2 is 0.731 bits per heavy atom. The standard InChI is InChI=1S/C44H54N4O4/c1-43(2,3)33-25-21-31(22-26-33)41(51)47-37-17-13-15-35(29-37)45-39(49)19-11-9-7-8-10-12-20-40(50)46-36-16-14-18-38(30-36)48-42(52)32-23-27-34(28-24-32)44(4,5)6/h13-18,21-30H,7-12,19-20H2,1-6H3,(H,45,49)(H,46,50)(H,47,51)(H,48,52). The van der Waals surface area contributed by atoms with E-state index in [4.69, 9.17) is 0 Å². The normalized spacial score (nSPS) is 11.4. The average Bonchev–Trinajstić information content (AvgIpc) is 3.09. The second-order valence-electron chi connectivity index (χ2n) is 15.4. The number of hydrogen-bond donors (Lipinski definition) is 4. The third-order valence-corrected chi connectivity index (χ3v) is 8.89. The van der Waals surface area contributed by atoms with Crippen molar-refractivity contribution in [1.82, 2.24) is 0 Å². The largest absolute Gasteiger partial charge is 0.326 e. The molecule has 4 aromatic rings. The van der Waals surface area contributed by atoms with E-state index in [2.05, 4.69) is 62.8 Å². The first-order valence-corrected chi connectivity index (χ1v) is 18.3. The van der Waals surface area contributed by atoms with Crippen LogP contribution in [0.25, 0.3) is 0 Å². The van der Waals surface area contributed by atoms with Crippen molar-refractivity contribution in [3.63, 3.8) is 0 Å². The van der Waals surface area contributed by atoms with E-state index in [1.54, 1.807) is 36.4 Å². The highest BCUT2D eigenvalue weighted by molar-refractivity contribution is 6.05. The van der Waals surface area contributed by atoms with Crippen LogP contribution in [0.5, 0.6) is 0 Å². The minimum absolute atomic E-state index is 0.0159. The van der Waals surface area contributed by atoms with Gasteiger partial charge in [0, 0.05) is 46.7 Å². The van der Waals surface area contributed by atoms with Crippen LogP contribution in [0.15, 0.2) is 97.1 Å². The molecule has 4 N–H and O–H groups in total. The summed E-state index contributed by atoms with van der Waals surface area (Å²) in [5.74, 6) is -0.515. The van der Waals surface area contributed by atoms with Crippen LogP contribution in [0.2, 0.25) is 0 Å². The van der Waals surface area contributed by atoms with Crippen LogP contribution in [-0.2, 0) is 20.4 Å². The summed E-state index contributed by atoms with van der Waals surface area (Å²) in [6.45, 7) is 12.8. The van der Waals surface area contributed by atoms with Gasteiger partial charge in [-0.1, -0.05) is 104 Å². The van der Waals surface area contributed by atoms with Gasteiger partial charge in [0.2, 0.25) is 11.8 Å². The fourth-order valence-electron chi connectivity index (χ4n) is 5.72. The first-order valence-electron chi connectivity index (χ1n) is 18.3. The minimum atomic E-state index is -0.199. The van der Waals surface area contributed by atoms with Crippen molar-refractivity contribution in [1.29, 1.82) is 0 Å². The van der Waals surface area contributed by atoms with Gasteiger partial charge in [0.1, 0.15) is 0 Å². The zero-order valence-corrected chi connectivity index (χ0v) is 31.5. The summed E-state index contributed by atoms with van der Waals surface area (Å²) in [5, 5.41) is 11.7. The fourth-order valence-corrected chi connectivity index (χ4v) is 5.72. The van der Waals surface area contributed by atoms with Crippen LogP contribution in [0, 0.1) is 0 Å². The molecule has 274 valence electrons. The summed E-state index contributed by atoms with van der Waals surface area (Å²) in [4.78, 5) is 50.6. The molecular formula is C44H54N4O4. The van der Waals surface area contributed by atoms with E-state index >= 15 is 0 Å². The molecular weight excluding hydrogens is 649 g/mol. The molecule has 0 aliphatic rings. The Hall–Kier alpha value is -5.24. The van der Waals surface area contributed by atoms with Gasteiger partial charge in [-0.2, -0.15) is 0 Å². The number of benzene rings is 4. The van der Waals surface area contributed by atoms with E-state index in [1.807, 2.05) is 60.7 Å². The van der Waals surface area contributed by atoms with E-state index in [1.165, 1.54) is 0 Å². The highest BCUT2D eigenvalue weighted by atomic mass is 16.2. The van der Waals surface area contributed by atoms with E-state index in [-0.39, 0.29) is 34.5 Å². The third kappa shape index (κ3) is 12.8. The smallest absolute Gasteiger partial charge is 0.255 e. The lowest BCUT2D eigenvalue weighted by Gasteiger charge is -2.19. The molecule has 0 fully saturated rings. The lowest BCUT2D eigenvalue weighted by Crippen LogP contribution is -2.15. The summed E-state index contributed by atoms with van der Waals surface area (Å²) in [7, 11) is 0. The molecule has 8 nitrogen and oxygen atoms in total. The van der Waals surface area contributed by atoms with Crippen LogP contribution in [0.1, 0.15) is 125 Å². The van der Waals surface area contributed by atoms with Gasteiger partial charge in [-0.05, 0) is 95.5 Å².